The van der Waals surface area contributed by atoms with E-state index in [2.05, 4.69) is 14.9 Å². The molecule has 7 heteroatoms. The molecule has 0 atom stereocenters. The van der Waals surface area contributed by atoms with Gasteiger partial charge in [-0.3, -0.25) is 5.43 Å². The first-order valence-corrected chi connectivity index (χ1v) is 9.09. The Balaban J connectivity index is 1.64. The van der Waals surface area contributed by atoms with Gasteiger partial charge in [0.15, 0.2) is 5.84 Å². The monoisotopic (exact) mass is 354 g/mol. The second-order valence-electron chi connectivity index (χ2n) is 5.65. The standard InChI is InChI=1S/C18H18N4O2S/c1-22(2)15-11-9-14(10-12-15)6-5-13-19-20-18-16-7-3-4-8-17(16)25(23,24)21-18/h3-13H,1-2H3,(H,20,21). The van der Waals surface area contributed by atoms with Crippen molar-refractivity contribution in [3.63, 3.8) is 0 Å². The van der Waals surface area contributed by atoms with Gasteiger partial charge in [-0.05, 0) is 35.9 Å². The maximum Gasteiger partial charge on any atom is 0.285 e. The molecule has 2 aromatic carbocycles. The van der Waals surface area contributed by atoms with Crippen molar-refractivity contribution in [1.82, 2.24) is 5.43 Å². The van der Waals surface area contributed by atoms with Crippen LogP contribution in [0.3, 0.4) is 0 Å². The number of amidine groups is 1. The molecule has 0 amide bonds. The first-order chi connectivity index (χ1) is 12.0. The highest BCUT2D eigenvalue weighted by molar-refractivity contribution is 7.90. The van der Waals surface area contributed by atoms with Gasteiger partial charge in [-0.25, -0.2) is 0 Å². The van der Waals surface area contributed by atoms with Gasteiger partial charge in [0, 0.05) is 31.6 Å². The summed E-state index contributed by atoms with van der Waals surface area (Å²) in [4.78, 5) is 2.23. The predicted octanol–water partition coefficient (Wildman–Crippen LogP) is 2.49. The Bertz CT molecular complexity index is 959. The van der Waals surface area contributed by atoms with Crippen LogP contribution in [0, 0.1) is 0 Å². The van der Waals surface area contributed by atoms with Gasteiger partial charge in [-0.15, -0.1) is 4.40 Å². The van der Waals surface area contributed by atoms with Crippen LogP contribution in [0.2, 0.25) is 0 Å². The number of allylic oxidation sites excluding steroid dienone is 1. The molecule has 0 aliphatic carbocycles. The first-order valence-electron chi connectivity index (χ1n) is 7.65. The molecule has 6 nitrogen and oxygen atoms in total. The van der Waals surface area contributed by atoms with E-state index in [1.807, 2.05) is 49.3 Å². The van der Waals surface area contributed by atoms with E-state index >= 15 is 0 Å². The highest BCUT2D eigenvalue weighted by Crippen LogP contribution is 2.24. The molecule has 25 heavy (non-hydrogen) atoms. The number of fused-ring (bicyclic) bond motifs is 1. The van der Waals surface area contributed by atoms with E-state index in [4.69, 9.17) is 0 Å². The smallest absolute Gasteiger partial charge is 0.285 e. The average molecular weight is 354 g/mol. The van der Waals surface area contributed by atoms with Gasteiger partial charge in [0.1, 0.15) is 4.90 Å². The molecule has 0 unspecified atom stereocenters. The number of nitrogens with one attached hydrogen (secondary N) is 1. The molecule has 2 aromatic rings. The summed E-state index contributed by atoms with van der Waals surface area (Å²) in [6.07, 6.45) is 5.23. The maximum atomic E-state index is 11.9. The van der Waals surface area contributed by atoms with Crippen LogP contribution in [0.5, 0.6) is 0 Å². The lowest BCUT2D eigenvalue weighted by molar-refractivity contribution is 0.599. The van der Waals surface area contributed by atoms with Crippen molar-refractivity contribution in [2.75, 3.05) is 19.0 Å². The summed E-state index contributed by atoms with van der Waals surface area (Å²) in [5, 5.41) is 4.01. The number of hydrogen-bond acceptors (Lipinski definition) is 5. The molecule has 0 fully saturated rings. The van der Waals surface area contributed by atoms with Crippen molar-refractivity contribution in [2.24, 2.45) is 9.50 Å². The van der Waals surface area contributed by atoms with Crippen LogP contribution in [-0.2, 0) is 10.0 Å². The van der Waals surface area contributed by atoms with Crippen molar-refractivity contribution in [3.8, 4) is 0 Å². The van der Waals surface area contributed by atoms with Crippen LogP contribution in [-0.4, -0.2) is 34.6 Å². The van der Waals surface area contributed by atoms with Crippen molar-refractivity contribution in [2.45, 2.75) is 4.90 Å². The molecular weight excluding hydrogens is 336 g/mol. The topological polar surface area (TPSA) is 74.1 Å². The van der Waals surface area contributed by atoms with Gasteiger partial charge in [0.25, 0.3) is 10.0 Å². The summed E-state index contributed by atoms with van der Waals surface area (Å²) < 4.78 is 27.5. The summed E-state index contributed by atoms with van der Waals surface area (Å²) >= 11 is 0. The van der Waals surface area contributed by atoms with Crippen LogP contribution in [0.15, 0.2) is 69.0 Å². The van der Waals surface area contributed by atoms with Gasteiger partial charge in [0.05, 0.1) is 0 Å². The Hall–Kier alpha value is -2.93. The number of sulfonamides is 1. The van der Waals surface area contributed by atoms with E-state index in [1.165, 1.54) is 6.07 Å². The molecule has 0 aromatic heterocycles. The lowest BCUT2D eigenvalue weighted by Crippen LogP contribution is -2.16. The van der Waals surface area contributed by atoms with Crippen LogP contribution in [0.4, 0.5) is 5.69 Å². The zero-order valence-electron chi connectivity index (χ0n) is 13.9. The number of nitrogens with zero attached hydrogens (tertiary/aromatic N) is 3. The molecule has 0 bridgehead atoms. The third-order valence-electron chi connectivity index (χ3n) is 3.66. The fraction of sp³-hybridized carbons (Fsp3) is 0.111. The van der Waals surface area contributed by atoms with Gasteiger partial charge in [-0.2, -0.15) is 13.5 Å². The zero-order chi connectivity index (χ0) is 17.9. The van der Waals surface area contributed by atoms with E-state index in [0.29, 0.717) is 5.56 Å². The molecular formula is C18H18N4O2S. The van der Waals surface area contributed by atoms with Crippen LogP contribution < -0.4 is 10.3 Å². The minimum Gasteiger partial charge on any atom is -0.378 e. The van der Waals surface area contributed by atoms with E-state index in [-0.39, 0.29) is 10.7 Å². The van der Waals surface area contributed by atoms with Gasteiger partial charge < -0.3 is 4.90 Å². The van der Waals surface area contributed by atoms with Crippen molar-refractivity contribution in [1.29, 1.82) is 0 Å². The molecule has 0 radical (unpaired) electrons. The lowest BCUT2D eigenvalue weighted by Gasteiger charge is -2.11. The fourth-order valence-corrected chi connectivity index (χ4v) is 3.54. The van der Waals surface area contributed by atoms with Crippen molar-refractivity contribution < 1.29 is 8.42 Å². The highest BCUT2D eigenvalue weighted by atomic mass is 32.2. The van der Waals surface area contributed by atoms with Crippen LogP contribution in [0.1, 0.15) is 11.1 Å². The van der Waals surface area contributed by atoms with E-state index in [9.17, 15) is 8.42 Å². The summed E-state index contributed by atoms with van der Waals surface area (Å²) in [6.45, 7) is 0. The van der Waals surface area contributed by atoms with Gasteiger partial charge in [-0.1, -0.05) is 30.3 Å². The third-order valence-corrected chi connectivity index (χ3v) is 5.00. The molecule has 1 heterocycles. The predicted molar refractivity (Wildman–Crippen MR) is 102 cm³/mol. The lowest BCUT2D eigenvalue weighted by atomic mass is 10.2. The number of anilines is 1. The summed E-state index contributed by atoms with van der Waals surface area (Å²) in [6, 6.07) is 14.7. The molecule has 3 rings (SSSR count). The van der Waals surface area contributed by atoms with E-state index in [1.54, 1.807) is 30.5 Å². The molecule has 0 saturated carbocycles. The zero-order valence-corrected chi connectivity index (χ0v) is 14.7. The average Bonchev–Trinajstić information content (AvgIpc) is 2.86. The maximum absolute atomic E-state index is 11.9. The van der Waals surface area contributed by atoms with Gasteiger partial charge >= 0.3 is 0 Å². The Labute approximate surface area is 147 Å². The second-order valence-corrected chi connectivity index (χ2v) is 7.22. The minimum absolute atomic E-state index is 0.198. The Morgan fingerprint density at radius 1 is 1.08 bits per heavy atom. The Morgan fingerprint density at radius 3 is 2.52 bits per heavy atom. The van der Waals surface area contributed by atoms with Gasteiger partial charge in [0.2, 0.25) is 0 Å². The quantitative estimate of drug-likeness (QED) is 0.676. The van der Waals surface area contributed by atoms with E-state index < -0.39 is 10.0 Å². The number of hydrogen-bond donors (Lipinski definition) is 1. The fourth-order valence-electron chi connectivity index (χ4n) is 2.37. The van der Waals surface area contributed by atoms with Crippen LogP contribution in [0.25, 0.3) is 6.08 Å². The normalized spacial score (nSPS) is 15.4. The molecule has 1 N–H and O–H groups in total. The third kappa shape index (κ3) is 3.77. The Kier molecular flexibility index (Phi) is 4.67. The molecule has 1 aliphatic rings. The van der Waals surface area contributed by atoms with Crippen molar-refractivity contribution in [3.05, 3.63) is 65.7 Å². The second kappa shape index (κ2) is 6.90. The van der Waals surface area contributed by atoms with Crippen molar-refractivity contribution >= 4 is 33.8 Å². The number of rotatable bonds is 4. The molecule has 0 saturated heterocycles. The van der Waals surface area contributed by atoms with Crippen LogP contribution >= 0.6 is 0 Å². The number of benzene rings is 2. The largest absolute Gasteiger partial charge is 0.378 e. The SMILES string of the molecule is CN(C)c1ccc(C=CC=NNC2=NS(=O)(=O)c3ccccc32)cc1. The van der Waals surface area contributed by atoms with E-state index in [0.717, 1.165) is 11.3 Å². The molecule has 128 valence electrons. The summed E-state index contributed by atoms with van der Waals surface area (Å²) in [7, 11) is 0.365. The highest BCUT2D eigenvalue weighted by Gasteiger charge is 2.27. The summed E-state index contributed by atoms with van der Waals surface area (Å²) in [5.74, 6) is 0.232. The molecule has 1 aliphatic heterocycles. The first kappa shape index (κ1) is 16.9. The number of hydrazone groups is 1. The Morgan fingerprint density at radius 2 is 1.80 bits per heavy atom. The minimum atomic E-state index is -3.62. The molecule has 0 spiro atoms. The summed E-state index contributed by atoms with van der Waals surface area (Å²) in [5.41, 5.74) is 5.39.